The van der Waals surface area contributed by atoms with Gasteiger partial charge in [-0.3, -0.25) is 4.90 Å². The maximum Gasteiger partial charge on any atom is 0.317 e. The molecule has 2 amide bonds. The van der Waals surface area contributed by atoms with Crippen molar-refractivity contribution in [3.63, 3.8) is 0 Å². The van der Waals surface area contributed by atoms with Crippen LogP contribution in [0.4, 0.5) is 4.79 Å². The number of nitrogens with one attached hydrogen (secondary N) is 1. The normalized spacial score (nSPS) is 23.3. The van der Waals surface area contributed by atoms with Crippen LogP contribution < -0.4 is 5.32 Å². The summed E-state index contributed by atoms with van der Waals surface area (Å²) in [6.07, 6.45) is 0.457. The second-order valence-corrected chi connectivity index (χ2v) is 5.12. The molecule has 0 aliphatic carbocycles. The fourth-order valence-corrected chi connectivity index (χ4v) is 2.77. The van der Waals surface area contributed by atoms with Crippen molar-refractivity contribution in [1.29, 1.82) is 0 Å². The summed E-state index contributed by atoms with van der Waals surface area (Å²) in [6.45, 7) is 3.70. The van der Waals surface area contributed by atoms with Gasteiger partial charge in [0.2, 0.25) is 0 Å². The third-order valence-electron chi connectivity index (χ3n) is 3.88. The maximum absolute atomic E-state index is 11.6. The zero-order chi connectivity index (χ0) is 13.2. The predicted octanol–water partition coefficient (Wildman–Crippen LogP) is 0.908. The van der Waals surface area contributed by atoms with E-state index < -0.39 is 6.23 Å². The molecular formula is C14H19N3O2. The molecule has 2 aliphatic rings. The third-order valence-corrected chi connectivity index (χ3v) is 3.88. The summed E-state index contributed by atoms with van der Waals surface area (Å²) in [5.74, 6) is 0. The Hall–Kier alpha value is -1.59. The lowest BCUT2D eigenvalue weighted by molar-refractivity contribution is 0.00931. The van der Waals surface area contributed by atoms with Gasteiger partial charge in [0, 0.05) is 32.7 Å². The Balaban J connectivity index is 1.59. The number of carbonyl (C=O) groups is 1. The Morgan fingerprint density at radius 3 is 2.95 bits per heavy atom. The Bertz CT molecular complexity index is 478. The van der Waals surface area contributed by atoms with E-state index in [1.165, 1.54) is 5.56 Å². The molecule has 3 rings (SSSR count). The first-order chi connectivity index (χ1) is 9.25. The molecule has 0 spiro atoms. The van der Waals surface area contributed by atoms with E-state index in [1.54, 1.807) is 0 Å². The van der Waals surface area contributed by atoms with Gasteiger partial charge in [-0.15, -0.1) is 0 Å². The number of hydrogen-bond donors (Lipinski definition) is 2. The Morgan fingerprint density at radius 1 is 1.32 bits per heavy atom. The minimum absolute atomic E-state index is 0.0115. The molecule has 1 saturated heterocycles. The summed E-state index contributed by atoms with van der Waals surface area (Å²) in [5.41, 5.74) is 2.17. The molecule has 19 heavy (non-hydrogen) atoms. The number of urea groups is 1. The monoisotopic (exact) mass is 261 g/mol. The van der Waals surface area contributed by atoms with Gasteiger partial charge in [0.15, 0.2) is 0 Å². The van der Waals surface area contributed by atoms with Crippen LogP contribution in [-0.4, -0.2) is 47.1 Å². The summed E-state index contributed by atoms with van der Waals surface area (Å²) in [4.78, 5) is 15.5. The number of carbonyl (C=O) groups excluding carboxylic acids is 1. The molecule has 5 nitrogen and oxygen atoms in total. The van der Waals surface area contributed by atoms with Gasteiger partial charge >= 0.3 is 6.03 Å². The van der Waals surface area contributed by atoms with Crippen molar-refractivity contribution < 1.29 is 9.90 Å². The van der Waals surface area contributed by atoms with E-state index in [1.807, 2.05) is 34.1 Å². The first kappa shape index (κ1) is 12.4. The molecule has 2 heterocycles. The van der Waals surface area contributed by atoms with Gasteiger partial charge in [-0.2, -0.15) is 0 Å². The highest BCUT2D eigenvalue weighted by Crippen LogP contribution is 2.30. The first-order valence-electron chi connectivity index (χ1n) is 6.78. The minimum Gasteiger partial charge on any atom is -0.374 e. The predicted molar refractivity (Wildman–Crippen MR) is 71.4 cm³/mol. The summed E-state index contributed by atoms with van der Waals surface area (Å²) in [7, 11) is 0. The summed E-state index contributed by atoms with van der Waals surface area (Å²) in [5, 5.41) is 13.1. The van der Waals surface area contributed by atoms with E-state index in [2.05, 4.69) is 5.32 Å². The van der Waals surface area contributed by atoms with E-state index in [-0.39, 0.29) is 6.03 Å². The van der Waals surface area contributed by atoms with Crippen molar-refractivity contribution >= 4 is 6.03 Å². The smallest absolute Gasteiger partial charge is 0.317 e. The molecule has 102 valence electrons. The van der Waals surface area contributed by atoms with Crippen LogP contribution in [0.1, 0.15) is 23.8 Å². The molecule has 0 saturated carbocycles. The quantitative estimate of drug-likeness (QED) is 0.850. The highest BCUT2D eigenvalue weighted by Gasteiger charge is 2.28. The number of hydrogen-bond acceptors (Lipinski definition) is 3. The van der Waals surface area contributed by atoms with Crippen molar-refractivity contribution in [3.8, 4) is 0 Å². The number of benzene rings is 1. The van der Waals surface area contributed by atoms with Crippen LogP contribution in [0.2, 0.25) is 0 Å². The molecule has 1 unspecified atom stereocenters. The molecule has 0 radical (unpaired) electrons. The van der Waals surface area contributed by atoms with Crippen LogP contribution >= 0.6 is 0 Å². The lowest BCUT2D eigenvalue weighted by Crippen LogP contribution is -2.48. The third kappa shape index (κ3) is 2.43. The average Bonchev–Trinajstić information content (AvgIpc) is 2.75. The van der Waals surface area contributed by atoms with E-state index in [0.717, 1.165) is 31.6 Å². The molecule has 5 heteroatoms. The second kappa shape index (κ2) is 5.19. The lowest BCUT2D eigenvalue weighted by atomic mass is 10.1. The van der Waals surface area contributed by atoms with Crippen LogP contribution in [0.3, 0.4) is 0 Å². The molecule has 0 bridgehead atoms. The van der Waals surface area contributed by atoms with E-state index in [4.69, 9.17) is 0 Å². The van der Waals surface area contributed by atoms with Crippen molar-refractivity contribution in [2.45, 2.75) is 19.2 Å². The SMILES string of the molecule is O=C1NCCCN1CCN1Cc2ccccc2C1O. The topological polar surface area (TPSA) is 55.8 Å². The van der Waals surface area contributed by atoms with Gasteiger partial charge < -0.3 is 15.3 Å². The summed E-state index contributed by atoms with van der Waals surface area (Å²) >= 11 is 0. The number of rotatable bonds is 3. The number of aliphatic hydroxyl groups excluding tert-OH is 1. The van der Waals surface area contributed by atoms with Crippen molar-refractivity contribution in [2.75, 3.05) is 26.2 Å². The number of nitrogens with zero attached hydrogens (tertiary/aromatic N) is 2. The fourth-order valence-electron chi connectivity index (χ4n) is 2.77. The Kier molecular flexibility index (Phi) is 3.40. The molecule has 1 aromatic rings. The van der Waals surface area contributed by atoms with Gasteiger partial charge in [0.25, 0.3) is 0 Å². The van der Waals surface area contributed by atoms with E-state index in [9.17, 15) is 9.90 Å². The number of fused-ring (bicyclic) bond motifs is 1. The molecular weight excluding hydrogens is 242 g/mol. The second-order valence-electron chi connectivity index (χ2n) is 5.12. The van der Waals surface area contributed by atoms with E-state index >= 15 is 0 Å². The lowest BCUT2D eigenvalue weighted by Gasteiger charge is -2.30. The Morgan fingerprint density at radius 2 is 2.16 bits per heavy atom. The minimum atomic E-state index is -0.538. The summed E-state index contributed by atoms with van der Waals surface area (Å²) in [6, 6.07) is 7.97. The molecule has 2 N–H and O–H groups in total. The Labute approximate surface area is 112 Å². The highest BCUT2D eigenvalue weighted by molar-refractivity contribution is 5.74. The van der Waals surface area contributed by atoms with Crippen molar-refractivity contribution in [3.05, 3.63) is 35.4 Å². The van der Waals surface area contributed by atoms with Crippen molar-refractivity contribution in [2.24, 2.45) is 0 Å². The van der Waals surface area contributed by atoms with Gasteiger partial charge in [-0.1, -0.05) is 24.3 Å². The highest BCUT2D eigenvalue weighted by atomic mass is 16.3. The number of amides is 2. The van der Waals surface area contributed by atoms with Gasteiger partial charge in [0.1, 0.15) is 6.23 Å². The fraction of sp³-hybridized carbons (Fsp3) is 0.500. The first-order valence-corrected chi connectivity index (χ1v) is 6.78. The van der Waals surface area contributed by atoms with Crippen LogP contribution in [-0.2, 0) is 6.54 Å². The molecule has 1 aromatic carbocycles. The standard InChI is InChI=1S/C14H19N3O2/c18-13-12-5-2-1-4-11(12)10-17(13)9-8-16-7-3-6-15-14(16)19/h1-2,4-5,13,18H,3,6-10H2,(H,15,19). The zero-order valence-corrected chi connectivity index (χ0v) is 10.9. The van der Waals surface area contributed by atoms with Crippen LogP contribution in [0, 0.1) is 0 Å². The average molecular weight is 261 g/mol. The molecule has 2 aliphatic heterocycles. The van der Waals surface area contributed by atoms with Gasteiger partial charge in [0.05, 0.1) is 0 Å². The van der Waals surface area contributed by atoms with E-state index in [0.29, 0.717) is 13.1 Å². The van der Waals surface area contributed by atoms with Gasteiger partial charge in [-0.25, -0.2) is 4.79 Å². The summed E-state index contributed by atoms with van der Waals surface area (Å²) < 4.78 is 0. The largest absolute Gasteiger partial charge is 0.374 e. The van der Waals surface area contributed by atoms with Crippen LogP contribution in [0.25, 0.3) is 0 Å². The van der Waals surface area contributed by atoms with Gasteiger partial charge in [-0.05, 0) is 17.5 Å². The molecule has 0 aromatic heterocycles. The maximum atomic E-state index is 11.6. The molecule has 1 fully saturated rings. The number of aliphatic hydroxyl groups is 1. The van der Waals surface area contributed by atoms with Crippen LogP contribution in [0.5, 0.6) is 0 Å². The molecule has 1 atom stereocenters. The zero-order valence-electron chi connectivity index (χ0n) is 10.9. The van der Waals surface area contributed by atoms with Crippen LogP contribution in [0.15, 0.2) is 24.3 Å². The van der Waals surface area contributed by atoms with Crippen molar-refractivity contribution in [1.82, 2.24) is 15.1 Å².